The average Bonchev–Trinajstić information content (AvgIpc) is 2.83. The lowest BCUT2D eigenvalue weighted by Crippen LogP contribution is -2.39. The third kappa shape index (κ3) is 2.37. The molecular weight excluding hydrogens is 243 g/mol. The van der Waals surface area contributed by atoms with Gasteiger partial charge in [-0.2, -0.15) is 0 Å². The molecule has 3 rings (SSSR count). The van der Waals surface area contributed by atoms with Crippen molar-refractivity contribution in [2.24, 2.45) is 11.7 Å². The first kappa shape index (κ1) is 12.6. The minimum Gasteiger partial charge on any atom is -0.328 e. The lowest BCUT2D eigenvalue weighted by atomic mass is 9.98. The summed E-state index contributed by atoms with van der Waals surface area (Å²) in [5, 5.41) is 0. The van der Waals surface area contributed by atoms with Gasteiger partial charge in [-0.05, 0) is 55.9 Å². The third-order valence-electron chi connectivity index (χ3n) is 4.25. The molecule has 0 saturated heterocycles. The van der Waals surface area contributed by atoms with Crippen LogP contribution in [0.5, 0.6) is 0 Å². The van der Waals surface area contributed by atoms with Crippen LogP contribution in [0.1, 0.15) is 31.2 Å². The van der Waals surface area contributed by atoms with Crippen LogP contribution in [0.3, 0.4) is 0 Å². The lowest BCUT2D eigenvalue weighted by Gasteiger charge is -2.31. The predicted molar refractivity (Wildman–Crippen MR) is 72.4 cm³/mol. The Morgan fingerprint density at radius 2 is 2.21 bits per heavy atom. The van der Waals surface area contributed by atoms with Crippen LogP contribution < -0.4 is 10.6 Å². The molecule has 3 nitrogen and oxygen atoms in total. The molecule has 1 fully saturated rings. The molecule has 4 heteroatoms. The molecule has 102 valence electrons. The SMILES string of the molecule is NC1CCC(C(=O)N2CCCc3cc(F)ccc32)C1. The summed E-state index contributed by atoms with van der Waals surface area (Å²) in [4.78, 5) is 14.4. The van der Waals surface area contributed by atoms with Crippen LogP contribution in [0.2, 0.25) is 0 Å². The first-order valence-corrected chi connectivity index (χ1v) is 7.00. The van der Waals surface area contributed by atoms with Crippen molar-refractivity contribution in [3.63, 3.8) is 0 Å². The van der Waals surface area contributed by atoms with E-state index in [9.17, 15) is 9.18 Å². The zero-order valence-electron chi connectivity index (χ0n) is 10.9. The highest BCUT2D eigenvalue weighted by molar-refractivity contribution is 5.96. The Morgan fingerprint density at radius 1 is 1.37 bits per heavy atom. The minimum atomic E-state index is -0.226. The fraction of sp³-hybridized carbons (Fsp3) is 0.533. The van der Waals surface area contributed by atoms with Crippen molar-refractivity contribution >= 4 is 11.6 Å². The number of anilines is 1. The number of fused-ring (bicyclic) bond motifs is 1. The Bertz CT molecular complexity index is 503. The number of rotatable bonds is 1. The fourth-order valence-corrected chi connectivity index (χ4v) is 3.26. The second-order valence-electron chi connectivity index (χ2n) is 5.64. The van der Waals surface area contributed by atoms with Gasteiger partial charge in [-0.3, -0.25) is 4.79 Å². The summed E-state index contributed by atoms with van der Waals surface area (Å²) >= 11 is 0. The largest absolute Gasteiger partial charge is 0.328 e. The van der Waals surface area contributed by atoms with Crippen LogP contribution in [-0.4, -0.2) is 18.5 Å². The Hall–Kier alpha value is -1.42. The van der Waals surface area contributed by atoms with E-state index >= 15 is 0 Å². The maximum atomic E-state index is 13.3. The third-order valence-corrected chi connectivity index (χ3v) is 4.25. The summed E-state index contributed by atoms with van der Waals surface area (Å²) in [5.41, 5.74) is 7.72. The molecule has 1 amide bonds. The van der Waals surface area contributed by atoms with Crippen molar-refractivity contribution in [3.05, 3.63) is 29.6 Å². The summed E-state index contributed by atoms with van der Waals surface area (Å²) in [6.07, 6.45) is 4.35. The molecule has 1 aromatic carbocycles. The molecule has 1 aliphatic heterocycles. The van der Waals surface area contributed by atoms with Crippen LogP contribution >= 0.6 is 0 Å². The van der Waals surface area contributed by atoms with Gasteiger partial charge in [0, 0.05) is 24.2 Å². The number of hydrogen-bond acceptors (Lipinski definition) is 2. The van der Waals surface area contributed by atoms with E-state index in [-0.39, 0.29) is 23.7 Å². The molecule has 0 aromatic heterocycles. The number of nitrogens with zero attached hydrogens (tertiary/aromatic N) is 1. The zero-order valence-corrected chi connectivity index (χ0v) is 10.9. The number of amides is 1. The molecule has 0 spiro atoms. The topological polar surface area (TPSA) is 46.3 Å². The average molecular weight is 262 g/mol. The van der Waals surface area contributed by atoms with Crippen molar-refractivity contribution in [2.75, 3.05) is 11.4 Å². The molecule has 1 aromatic rings. The smallest absolute Gasteiger partial charge is 0.230 e. The first-order chi connectivity index (χ1) is 9.15. The molecule has 2 aliphatic rings. The van der Waals surface area contributed by atoms with Gasteiger partial charge in [0.15, 0.2) is 0 Å². The summed E-state index contributed by atoms with van der Waals surface area (Å²) in [7, 11) is 0. The molecule has 1 saturated carbocycles. The van der Waals surface area contributed by atoms with Gasteiger partial charge in [0.25, 0.3) is 0 Å². The van der Waals surface area contributed by atoms with E-state index in [1.807, 2.05) is 4.90 Å². The van der Waals surface area contributed by atoms with Gasteiger partial charge in [0.1, 0.15) is 5.82 Å². The molecule has 2 N–H and O–H groups in total. The van der Waals surface area contributed by atoms with E-state index < -0.39 is 0 Å². The van der Waals surface area contributed by atoms with Gasteiger partial charge in [0.2, 0.25) is 5.91 Å². The fourth-order valence-electron chi connectivity index (χ4n) is 3.26. The molecule has 2 atom stereocenters. The highest BCUT2D eigenvalue weighted by Crippen LogP contribution is 2.32. The van der Waals surface area contributed by atoms with Gasteiger partial charge in [-0.25, -0.2) is 4.39 Å². The minimum absolute atomic E-state index is 0.0472. The maximum Gasteiger partial charge on any atom is 0.230 e. The normalized spacial score (nSPS) is 26.3. The van der Waals surface area contributed by atoms with E-state index in [0.29, 0.717) is 0 Å². The van der Waals surface area contributed by atoms with Crippen molar-refractivity contribution in [1.29, 1.82) is 0 Å². The van der Waals surface area contributed by atoms with Crippen LogP contribution in [0.25, 0.3) is 0 Å². The predicted octanol–water partition coefficient (Wildman–Crippen LogP) is 2.23. The summed E-state index contributed by atoms with van der Waals surface area (Å²) in [5.74, 6) is -0.0116. The monoisotopic (exact) mass is 262 g/mol. The molecule has 2 unspecified atom stereocenters. The molecule has 0 bridgehead atoms. The van der Waals surface area contributed by atoms with Gasteiger partial charge < -0.3 is 10.6 Å². The molecule has 19 heavy (non-hydrogen) atoms. The molecule has 1 heterocycles. The maximum absolute atomic E-state index is 13.3. The van der Waals surface area contributed by atoms with Gasteiger partial charge in [-0.15, -0.1) is 0 Å². The van der Waals surface area contributed by atoms with E-state index in [2.05, 4.69) is 0 Å². The Morgan fingerprint density at radius 3 is 2.95 bits per heavy atom. The second kappa shape index (κ2) is 4.93. The van der Waals surface area contributed by atoms with Crippen LogP contribution in [0.4, 0.5) is 10.1 Å². The number of benzene rings is 1. The highest BCUT2D eigenvalue weighted by Gasteiger charge is 2.33. The number of halogens is 1. The number of nitrogens with two attached hydrogens (primary N) is 1. The van der Waals surface area contributed by atoms with Gasteiger partial charge >= 0.3 is 0 Å². The quantitative estimate of drug-likeness (QED) is 0.843. The lowest BCUT2D eigenvalue weighted by molar-refractivity contribution is -0.122. The van der Waals surface area contributed by atoms with Crippen LogP contribution in [0, 0.1) is 11.7 Å². The molecule has 0 radical (unpaired) electrons. The number of carbonyl (C=O) groups is 1. The van der Waals surface area contributed by atoms with Gasteiger partial charge in [-0.1, -0.05) is 0 Å². The number of aryl methyl sites for hydroxylation is 1. The van der Waals surface area contributed by atoms with E-state index in [1.165, 1.54) is 6.07 Å². The van der Waals surface area contributed by atoms with E-state index in [0.717, 1.165) is 49.9 Å². The molecular formula is C15H19FN2O. The van der Waals surface area contributed by atoms with Crippen molar-refractivity contribution < 1.29 is 9.18 Å². The summed E-state index contributed by atoms with van der Waals surface area (Å²) in [6.45, 7) is 0.739. The zero-order chi connectivity index (χ0) is 13.4. The first-order valence-electron chi connectivity index (χ1n) is 7.00. The molecule has 1 aliphatic carbocycles. The van der Waals surface area contributed by atoms with E-state index in [1.54, 1.807) is 12.1 Å². The van der Waals surface area contributed by atoms with Crippen LogP contribution in [-0.2, 0) is 11.2 Å². The van der Waals surface area contributed by atoms with Gasteiger partial charge in [0.05, 0.1) is 0 Å². The van der Waals surface area contributed by atoms with Crippen LogP contribution in [0.15, 0.2) is 18.2 Å². The summed E-state index contributed by atoms with van der Waals surface area (Å²) < 4.78 is 13.3. The Kier molecular flexibility index (Phi) is 3.27. The Balaban J connectivity index is 1.85. The summed E-state index contributed by atoms with van der Waals surface area (Å²) in [6, 6.07) is 4.88. The van der Waals surface area contributed by atoms with Crippen molar-refractivity contribution in [1.82, 2.24) is 0 Å². The Labute approximate surface area is 112 Å². The standard InChI is InChI=1S/C15H19FN2O/c16-12-4-6-14-10(8-12)2-1-7-18(14)15(19)11-3-5-13(17)9-11/h4,6,8,11,13H,1-3,5,7,9,17H2. The van der Waals surface area contributed by atoms with E-state index in [4.69, 9.17) is 5.73 Å². The van der Waals surface area contributed by atoms with Crippen molar-refractivity contribution in [2.45, 2.75) is 38.1 Å². The van der Waals surface area contributed by atoms with Crippen molar-refractivity contribution in [3.8, 4) is 0 Å². The highest BCUT2D eigenvalue weighted by atomic mass is 19.1. The second-order valence-corrected chi connectivity index (χ2v) is 5.64. The number of hydrogen-bond donors (Lipinski definition) is 1. The number of carbonyl (C=O) groups excluding carboxylic acids is 1.